The Hall–Kier alpha value is -1.95. The van der Waals surface area contributed by atoms with E-state index in [2.05, 4.69) is 15.0 Å². The maximum atomic E-state index is 11.0. The molecule has 2 aromatic rings. The highest BCUT2D eigenvalue weighted by atomic mass is 32.2. The van der Waals surface area contributed by atoms with Gasteiger partial charge < -0.3 is 5.11 Å². The second kappa shape index (κ2) is 4.92. The van der Waals surface area contributed by atoms with Crippen molar-refractivity contribution in [3.63, 3.8) is 0 Å². The summed E-state index contributed by atoms with van der Waals surface area (Å²) >= 11 is 1.14. The van der Waals surface area contributed by atoms with Crippen LogP contribution in [-0.4, -0.2) is 26.0 Å². The Balaban J connectivity index is 2.33. The molecule has 6 heteroatoms. The molecule has 2 heterocycles. The molecule has 5 nitrogen and oxygen atoms in total. The number of aryl methyl sites for hydroxylation is 1. The quantitative estimate of drug-likeness (QED) is 0.836. The number of aromatic nitrogens is 3. The summed E-state index contributed by atoms with van der Waals surface area (Å²) in [6.07, 6.45) is 3.18. The van der Waals surface area contributed by atoms with Gasteiger partial charge in [0.05, 0.1) is 5.56 Å². The SMILES string of the molecule is Cc1ccnc(Sc2ncccc2C(=O)O)n1. The monoisotopic (exact) mass is 247 g/mol. The van der Waals surface area contributed by atoms with Crippen LogP contribution in [0.25, 0.3) is 0 Å². The van der Waals surface area contributed by atoms with Crippen LogP contribution in [0.1, 0.15) is 16.1 Å². The van der Waals surface area contributed by atoms with Crippen molar-refractivity contribution in [3.05, 3.63) is 41.9 Å². The first-order valence-electron chi connectivity index (χ1n) is 4.82. The molecule has 0 aliphatic carbocycles. The van der Waals surface area contributed by atoms with E-state index in [0.29, 0.717) is 10.2 Å². The highest BCUT2D eigenvalue weighted by molar-refractivity contribution is 7.99. The Morgan fingerprint density at radius 3 is 2.82 bits per heavy atom. The van der Waals surface area contributed by atoms with Crippen molar-refractivity contribution < 1.29 is 9.90 Å². The van der Waals surface area contributed by atoms with Gasteiger partial charge in [-0.1, -0.05) is 0 Å². The number of rotatable bonds is 3. The molecule has 0 atom stereocenters. The summed E-state index contributed by atoms with van der Waals surface area (Å²) in [4.78, 5) is 23.3. The summed E-state index contributed by atoms with van der Waals surface area (Å²) in [5.74, 6) is -1.01. The molecule has 0 aliphatic rings. The highest BCUT2D eigenvalue weighted by Gasteiger charge is 2.12. The zero-order chi connectivity index (χ0) is 12.3. The Morgan fingerprint density at radius 1 is 1.29 bits per heavy atom. The van der Waals surface area contributed by atoms with Crippen LogP contribution in [0.4, 0.5) is 0 Å². The van der Waals surface area contributed by atoms with E-state index >= 15 is 0 Å². The molecule has 0 unspecified atom stereocenters. The van der Waals surface area contributed by atoms with Gasteiger partial charge in [-0.15, -0.1) is 0 Å². The normalized spacial score (nSPS) is 10.2. The fourth-order valence-corrected chi connectivity index (χ4v) is 2.05. The standard InChI is InChI=1S/C11H9N3O2S/c1-7-4-6-13-11(14-7)17-9-8(10(15)16)3-2-5-12-9/h2-6H,1H3,(H,15,16). The summed E-state index contributed by atoms with van der Waals surface area (Å²) in [6, 6.07) is 4.87. The van der Waals surface area contributed by atoms with Gasteiger partial charge in [0.15, 0.2) is 5.16 Å². The molecule has 17 heavy (non-hydrogen) atoms. The van der Waals surface area contributed by atoms with Crippen LogP contribution < -0.4 is 0 Å². The number of pyridine rings is 1. The van der Waals surface area contributed by atoms with Crippen LogP contribution in [0, 0.1) is 6.92 Å². The van der Waals surface area contributed by atoms with Gasteiger partial charge in [-0.05, 0) is 36.9 Å². The molecule has 2 rings (SSSR count). The Kier molecular flexibility index (Phi) is 3.34. The molecule has 0 aliphatic heterocycles. The van der Waals surface area contributed by atoms with E-state index in [4.69, 9.17) is 5.11 Å². The van der Waals surface area contributed by atoms with Gasteiger partial charge in [0.2, 0.25) is 0 Å². The van der Waals surface area contributed by atoms with Crippen LogP contribution in [0.3, 0.4) is 0 Å². The predicted octanol–water partition coefficient (Wildman–Crippen LogP) is 2.03. The van der Waals surface area contributed by atoms with E-state index in [1.54, 1.807) is 24.5 Å². The van der Waals surface area contributed by atoms with Crippen molar-refractivity contribution in [2.75, 3.05) is 0 Å². The van der Waals surface area contributed by atoms with E-state index in [9.17, 15) is 4.79 Å². The van der Waals surface area contributed by atoms with E-state index in [-0.39, 0.29) is 5.56 Å². The smallest absolute Gasteiger partial charge is 0.338 e. The third kappa shape index (κ3) is 2.79. The lowest BCUT2D eigenvalue weighted by molar-refractivity contribution is 0.0692. The summed E-state index contributed by atoms with van der Waals surface area (Å²) < 4.78 is 0. The lowest BCUT2D eigenvalue weighted by Gasteiger charge is -2.03. The van der Waals surface area contributed by atoms with E-state index < -0.39 is 5.97 Å². The molecule has 0 radical (unpaired) electrons. The van der Waals surface area contributed by atoms with Crippen molar-refractivity contribution in [1.82, 2.24) is 15.0 Å². The molecule has 2 aromatic heterocycles. The molecule has 0 spiro atoms. The number of carbonyl (C=O) groups is 1. The second-order valence-corrected chi connectivity index (χ2v) is 4.20. The molecule has 0 aromatic carbocycles. The van der Waals surface area contributed by atoms with Crippen LogP contribution in [0.2, 0.25) is 0 Å². The molecule has 0 saturated heterocycles. The van der Waals surface area contributed by atoms with Crippen molar-refractivity contribution in [1.29, 1.82) is 0 Å². The predicted molar refractivity (Wildman–Crippen MR) is 62.1 cm³/mol. The van der Waals surface area contributed by atoms with Gasteiger partial charge in [0, 0.05) is 18.1 Å². The molecule has 0 saturated carbocycles. The molecular formula is C11H9N3O2S. The van der Waals surface area contributed by atoms with Gasteiger partial charge >= 0.3 is 5.97 Å². The summed E-state index contributed by atoms with van der Waals surface area (Å²) in [6.45, 7) is 1.85. The number of hydrogen-bond donors (Lipinski definition) is 1. The number of aromatic carboxylic acids is 1. The Morgan fingerprint density at radius 2 is 2.12 bits per heavy atom. The average Bonchev–Trinajstić information content (AvgIpc) is 2.29. The highest BCUT2D eigenvalue weighted by Crippen LogP contribution is 2.25. The molecule has 0 bridgehead atoms. The zero-order valence-corrected chi connectivity index (χ0v) is 9.81. The van der Waals surface area contributed by atoms with E-state index in [0.717, 1.165) is 17.5 Å². The van der Waals surface area contributed by atoms with Crippen LogP contribution in [-0.2, 0) is 0 Å². The minimum Gasteiger partial charge on any atom is -0.478 e. The number of hydrogen-bond acceptors (Lipinski definition) is 5. The average molecular weight is 247 g/mol. The number of carboxylic acid groups (broad SMARTS) is 1. The minimum atomic E-state index is -1.01. The Labute approximate surface area is 102 Å². The summed E-state index contributed by atoms with van der Waals surface area (Å²) in [7, 11) is 0. The van der Waals surface area contributed by atoms with E-state index in [1.165, 1.54) is 6.07 Å². The lowest BCUT2D eigenvalue weighted by atomic mass is 10.3. The maximum Gasteiger partial charge on any atom is 0.338 e. The van der Waals surface area contributed by atoms with Crippen LogP contribution in [0.15, 0.2) is 40.8 Å². The van der Waals surface area contributed by atoms with E-state index in [1.807, 2.05) is 6.92 Å². The Bertz CT molecular complexity index is 560. The van der Waals surface area contributed by atoms with Crippen molar-refractivity contribution >= 4 is 17.7 Å². The van der Waals surface area contributed by atoms with Crippen LogP contribution in [0.5, 0.6) is 0 Å². The van der Waals surface area contributed by atoms with Gasteiger partial charge in [-0.3, -0.25) is 0 Å². The van der Waals surface area contributed by atoms with Crippen LogP contribution >= 0.6 is 11.8 Å². The molecule has 0 fully saturated rings. The molecular weight excluding hydrogens is 238 g/mol. The van der Waals surface area contributed by atoms with Crippen molar-refractivity contribution in [2.45, 2.75) is 17.1 Å². The van der Waals surface area contributed by atoms with Crippen molar-refractivity contribution in [3.8, 4) is 0 Å². The van der Waals surface area contributed by atoms with Gasteiger partial charge in [-0.2, -0.15) is 0 Å². The van der Waals surface area contributed by atoms with Gasteiger partial charge in [0.25, 0.3) is 0 Å². The third-order valence-electron chi connectivity index (χ3n) is 1.96. The summed E-state index contributed by atoms with van der Waals surface area (Å²) in [5, 5.41) is 9.89. The molecule has 0 amide bonds. The largest absolute Gasteiger partial charge is 0.478 e. The second-order valence-electron chi connectivity index (χ2n) is 3.24. The lowest BCUT2D eigenvalue weighted by Crippen LogP contribution is -2.00. The van der Waals surface area contributed by atoms with Crippen molar-refractivity contribution in [2.24, 2.45) is 0 Å². The maximum absolute atomic E-state index is 11.0. The topological polar surface area (TPSA) is 76.0 Å². The number of nitrogens with zero attached hydrogens (tertiary/aromatic N) is 3. The first-order valence-corrected chi connectivity index (χ1v) is 5.64. The van der Waals surface area contributed by atoms with Gasteiger partial charge in [0.1, 0.15) is 5.03 Å². The minimum absolute atomic E-state index is 0.155. The fraction of sp³-hybridized carbons (Fsp3) is 0.0909. The molecule has 86 valence electrons. The first-order chi connectivity index (χ1) is 8.16. The summed E-state index contributed by atoms with van der Waals surface area (Å²) in [5.41, 5.74) is 0.984. The van der Waals surface area contributed by atoms with Gasteiger partial charge in [-0.25, -0.2) is 19.7 Å². The zero-order valence-electron chi connectivity index (χ0n) is 8.99. The number of carboxylic acids is 1. The first kappa shape index (κ1) is 11.5. The third-order valence-corrected chi connectivity index (χ3v) is 2.86. The fourth-order valence-electron chi connectivity index (χ4n) is 1.20. The molecule has 1 N–H and O–H groups in total.